The Morgan fingerprint density at radius 3 is 2.27 bits per heavy atom. The third-order valence-electron chi connectivity index (χ3n) is 12.8. The topological polar surface area (TPSA) is 274 Å². The van der Waals surface area contributed by atoms with Gasteiger partial charge in [-0.2, -0.15) is 0 Å². The Labute approximate surface area is 425 Å². The predicted octanol–water partition coefficient (Wildman–Crippen LogP) is 0.526. The maximum absolute atomic E-state index is 14.1. The number of pyridine rings is 1. The average Bonchev–Trinajstić information content (AvgIpc) is 4.06. The number of aldehydes is 1. The predicted molar refractivity (Wildman–Crippen MR) is 265 cm³/mol. The minimum atomic E-state index is -1.68. The summed E-state index contributed by atoms with van der Waals surface area (Å²) in [6.45, 7) is 12.6. The van der Waals surface area contributed by atoms with Crippen LogP contribution < -0.4 is 31.2 Å². The first-order valence-electron chi connectivity index (χ1n) is 24.4. The number of primary amides is 1. The van der Waals surface area contributed by atoms with E-state index in [-0.39, 0.29) is 44.1 Å². The van der Waals surface area contributed by atoms with Crippen LogP contribution in [0.5, 0.6) is 11.5 Å². The van der Waals surface area contributed by atoms with Crippen molar-refractivity contribution in [2.24, 2.45) is 11.7 Å². The van der Waals surface area contributed by atoms with Gasteiger partial charge in [0, 0.05) is 82.0 Å². The number of likely N-dealkylation sites (tertiary alicyclic amines) is 1. The van der Waals surface area contributed by atoms with Crippen LogP contribution in [0.3, 0.4) is 0 Å². The number of carbonyl (C=O) groups excluding carboxylic acids is 8. The normalized spacial score (nSPS) is 18.9. The fourth-order valence-corrected chi connectivity index (χ4v) is 8.76. The van der Waals surface area contributed by atoms with Crippen molar-refractivity contribution in [2.75, 3.05) is 93.9 Å². The van der Waals surface area contributed by atoms with Gasteiger partial charge in [0.25, 0.3) is 0 Å². The molecule has 4 aliphatic rings. The first kappa shape index (κ1) is 55.5. The van der Waals surface area contributed by atoms with Crippen molar-refractivity contribution in [3.8, 4) is 11.5 Å². The molecule has 398 valence electrons. The number of ether oxygens (including phenoxy) is 5. The van der Waals surface area contributed by atoms with Gasteiger partial charge in [-0.1, -0.05) is 13.8 Å². The number of likely N-dealkylation sites (N-methyl/N-ethyl adjacent to an activating group) is 3. The van der Waals surface area contributed by atoms with Gasteiger partial charge in [0.2, 0.25) is 36.5 Å². The largest absolute Gasteiger partial charge is 0.458 e. The lowest BCUT2D eigenvalue weighted by molar-refractivity contribution is -0.168. The quantitative estimate of drug-likeness (QED) is 0.0711. The van der Waals surface area contributed by atoms with E-state index in [1.54, 1.807) is 58.7 Å². The van der Waals surface area contributed by atoms with Gasteiger partial charge in [0.1, 0.15) is 36.6 Å². The molecule has 6 rings (SSSR count). The van der Waals surface area contributed by atoms with E-state index in [0.717, 1.165) is 24.0 Å². The van der Waals surface area contributed by atoms with Gasteiger partial charge in [-0.25, -0.2) is 19.4 Å². The van der Waals surface area contributed by atoms with E-state index in [0.29, 0.717) is 73.8 Å². The third-order valence-corrected chi connectivity index (χ3v) is 12.8. The Kier molecular flexibility index (Phi) is 18.4. The molecule has 23 nitrogen and oxygen atoms in total. The van der Waals surface area contributed by atoms with E-state index in [2.05, 4.69) is 25.8 Å². The number of hydrogen-bond donors (Lipinski definition) is 4. The van der Waals surface area contributed by atoms with Crippen LogP contribution in [0.15, 0.2) is 35.4 Å². The number of aromatic nitrogens is 1. The van der Waals surface area contributed by atoms with Gasteiger partial charge in [-0.05, 0) is 84.4 Å². The molecule has 1 aromatic heterocycles. The number of nitrogens with two attached hydrogens (primary N) is 1. The summed E-state index contributed by atoms with van der Waals surface area (Å²) < 4.78 is 27.5. The SMILES string of the molecule is CC(C)C(NC(=O)C1CCCN1C(=O)C(CC(N)=O)NC(=O)CN(C)CCN(C)CCN(C)CCNC(=O)OC(C)(C)C)C(=O)OC1C(=O)OCC(C=O)=C1/C=C1/c2nc3cc4c(cc3cc2CN1C)OCO4. The van der Waals surface area contributed by atoms with Crippen LogP contribution in [0.4, 0.5) is 4.79 Å². The van der Waals surface area contributed by atoms with Crippen molar-refractivity contribution < 1.29 is 62.0 Å². The Balaban J connectivity index is 1.05. The molecular formula is C50H70N10O13. The van der Waals surface area contributed by atoms with E-state index < -0.39 is 83.8 Å². The summed E-state index contributed by atoms with van der Waals surface area (Å²) in [4.78, 5) is 120. The lowest BCUT2D eigenvalue weighted by Crippen LogP contribution is -2.57. The van der Waals surface area contributed by atoms with Crippen LogP contribution in [-0.2, 0) is 54.3 Å². The molecule has 1 fully saturated rings. The Morgan fingerprint density at radius 1 is 0.945 bits per heavy atom. The summed E-state index contributed by atoms with van der Waals surface area (Å²) in [6.07, 6.45) is 0.0740. The molecule has 23 heteroatoms. The molecule has 0 bridgehead atoms. The van der Waals surface area contributed by atoms with Crippen molar-refractivity contribution >= 4 is 64.5 Å². The highest BCUT2D eigenvalue weighted by Crippen LogP contribution is 2.40. The van der Waals surface area contributed by atoms with Crippen molar-refractivity contribution in [1.82, 2.24) is 45.4 Å². The molecule has 0 saturated carbocycles. The highest BCUT2D eigenvalue weighted by Gasteiger charge is 2.42. The lowest BCUT2D eigenvalue weighted by atomic mass is 9.98. The second kappa shape index (κ2) is 24.2. The summed E-state index contributed by atoms with van der Waals surface area (Å²) in [6, 6.07) is 1.82. The van der Waals surface area contributed by atoms with Crippen LogP contribution in [0, 0.1) is 5.92 Å². The first-order valence-corrected chi connectivity index (χ1v) is 24.4. The number of fused-ring (bicyclic) bond motifs is 3. The smallest absolute Gasteiger partial charge is 0.407 e. The average molecular weight is 1020 g/mol. The fourth-order valence-electron chi connectivity index (χ4n) is 8.76. The van der Waals surface area contributed by atoms with Gasteiger partial charge in [0.05, 0.1) is 29.9 Å². The summed E-state index contributed by atoms with van der Waals surface area (Å²) in [5.41, 5.74) is 7.77. The van der Waals surface area contributed by atoms with E-state index >= 15 is 0 Å². The molecule has 1 saturated heterocycles. The lowest BCUT2D eigenvalue weighted by Gasteiger charge is -2.31. The van der Waals surface area contributed by atoms with E-state index in [1.807, 2.05) is 38.2 Å². The summed E-state index contributed by atoms with van der Waals surface area (Å²) in [5.74, 6) is -4.09. The molecule has 4 aliphatic heterocycles. The standard InChI is InChI=1S/C50H70N10O13/c1-29(2)42(47(66)72-44-33(32(26-61)27-69-48(44)67)21-37-43-31(24-59(37)9)19-30-20-38-39(71-28-70-38)22-34(30)54-43)55-45(64)36-11-10-13-60(36)46(65)35(23-40(51)62)53-41(63)25-58(8)18-17-57(7)16-15-56(6)14-12-52-49(68)73-50(3,4)5/h19-22,26,29,35-36,42,44H,10-18,23-25,27-28H2,1-9H3,(H2,51,62)(H,52,68)(H,53,63)(H,55,64)/b37-21-. The number of benzene rings is 1. The molecule has 0 spiro atoms. The minimum absolute atomic E-state index is 0.0668. The Bertz CT molecular complexity index is 2510. The maximum atomic E-state index is 14.1. The van der Waals surface area contributed by atoms with Crippen LogP contribution >= 0.6 is 0 Å². The van der Waals surface area contributed by atoms with Crippen molar-refractivity contribution in [3.63, 3.8) is 0 Å². The molecular weight excluding hydrogens is 949 g/mol. The molecule has 4 unspecified atom stereocenters. The highest BCUT2D eigenvalue weighted by atomic mass is 16.7. The van der Waals surface area contributed by atoms with E-state index in [1.165, 1.54) is 4.90 Å². The molecule has 0 aliphatic carbocycles. The number of alkyl carbamates (subject to hydrolysis) is 1. The Hall–Kier alpha value is -6.85. The molecule has 5 N–H and O–H groups in total. The third kappa shape index (κ3) is 14.7. The second-order valence-electron chi connectivity index (χ2n) is 20.3. The van der Waals surface area contributed by atoms with Crippen LogP contribution in [0.1, 0.15) is 65.1 Å². The van der Waals surface area contributed by atoms with Crippen molar-refractivity contribution in [2.45, 2.75) is 90.3 Å². The summed E-state index contributed by atoms with van der Waals surface area (Å²) in [5, 5.41) is 8.93. The molecule has 73 heavy (non-hydrogen) atoms. The van der Waals surface area contributed by atoms with E-state index in [4.69, 9.17) is 34.4 Å². The molecule has 5 amide bonds. The zero-order valence-electron chi connectivity index (χ0n) is 43.2. The van der Waals surface area contributed by atoms with Gasteiger partial charge >= 0.3 is 18.0 Å². The monoisotopic (exact) mass is 1020 g/mol. The van der Waals surface area contributed by atoms with Gasteiger partial charge in [0.15, 0.2) is 11.5 Å². The summed E-state index contributed by atoms with van der Waals surface area (Å²) >= 11 is 0. The minimum Gasteiger partial charge on any atom is -0.458 e. The van der Waals surface area contributed by atoms with Gasteiger partial charge in [-0.3, -0.25) is 28.9 Å². The van der Waals surface area contributed by atoms with E-state index in [9.17, 15) is 38.4 Å². The zero-order valence-corrected chi connectivity index (χ0v) is 43.2. The molecule has 2 aromatic rings. The van der Waals surface area contributed by atoms with Crippen LogP contribution in [0.2, 0.25) is 0 Å². The van der Waals surface area contributed by atoms with Crippen LogP contribution in [-0.4, -0.2) is 201 Å². The number of esters is 2. The van der Waals surface area contributed by atoms with Gasteiger partial charge in [-0.15, -0.1) is 0 Å². The first-order chi connectivity index (χ1) is 34.5. The summed E-state index contributed by atoms with van der Waals surface area (Å²) in [7, 11) is 7.47. The Morgan fingerprint density at radius 2 is 1.62 bits per heavy atom. The number of amides is 5. The number of cyclic esters (lactones) is 1. The number of hydrogen-bond acceptors (Lipinski definition) is 18. The van der Waals surface area contributed by atoms with Crippen LogP contribution in [0.25, 0.3) is 16.6 Å². The number of rotatable bonds is 22. The number of carbonyl (C=O) groups is 8. The fraction of sp³-hybridized carbons (Fsp3) is 0.580. The molecule has 5 heterocycles. The number of nitrogens with one attached hydrogen (secondary N) is 3. The maximum Gasteiger partial charge on any atom is 0.407 e. The van der Waals surface area contributed by atoms with Gasteiger partial charge < -0.3 is 65.0 Å². The molecule has 4 atom stereocenters. The van der Waals surface area contributed by atoms with Crippen molar-refractivity contribution in [3.05, 3.63) is 46.7 Å². The molecule has 0 radical (unpaired) electrons. The second-order valence-corrected chi connectivity index (χ2v) is 20.3. The van der Waals surface area contributed by atoms with Crippen molar-refractivity contribution in [1.29, 1.82) is 0 Å². The highest BCUT2D eigenvalue weighted by molar-refractivity contribution is 5.97. The molecule has 1 aromatic carbocycles. The number of nitrogens with zero attached hydrogens (tertiary/aromatic N) is 6. The zero-order chi connectivity index (χ0) is 53.3.